The number of aliphatic hydroxyl groups excluding tert-OH is 2. The molecule has 4 nitrogen and oxygen atoms in total. The molecule has 4 heteroatoms. The van der Waals surface area contributed by atoms with Crippen LogP contribution in [0.2, 0.25) is 0 Å². The minimum atomic E-state index is 0.179. The maximum absolute atomic E-state index is 8.92. The normalized spacial score (nSPS) is 22.2. The van der Waals surface area contributed by atoms with E-state index in [4.69, 9.17) is 14.9 Å². The molecular formula is C11H23NO3. The Kier molecular flexibility index (Phi) is 6.92. The second kappa shape index (κ2) is 8.05. The number of aliphatic hydroxyl groups is 2. The van der Waals surface area contributed by atoms with Crippen LogP contribution in [0.15, 0.2) is 0 Å². The molecule has 2 N–H and O–H groups in total. The third-order valence-corrected chi connectivity index (χ3v) is 2.78. The number of nitrogens with zero attached hydrogens (tertiary/aromatic N) is 1. The van der Waals surface area contributed by atoms with Crippen molar-refractivity contribution in [1.29, 1.82) is 0 Å². The van der Waals surface area contributed by atoms with Crippen LogP contribution in [-0.2, 0) is 4.74 Å². The minimum Gasteiger partial charge on any atom is -0.396 e. The highest BCUT2D eigenvalue weighted by Gasteiger charge is 2.17. The van der Waals surface area contributed by atoms with Crippen molar-refractivity contribution in [3.8, 4) is 0 Å². The molecule has 1 saturated heterocycles. The Morgan fingerprint density at radius 2 is 2.00 bits per heavy atom. The first-order valence-corrected chi connectivity index (χ1v) is 5.92. The molecule has 0 aromatic rings. The fraction of sp³-hybridized carbons (Fsp3) is 1.00. The molecular weight excluding hydrogens is 194 g/mol. The van der Waals surface area contributed by atoms with E-state index in [0.717, 1.165) is 32.5 Å². The number of hydrogen-bond donors (Lipinski definition) is 2. The minimum absolute atomic E-state index is 0.179. The summed E-state index contributed by atoms with van der Waals surface area (Å²) < 4.78 is 5.65. The SMILES string of the molecule is OCCCN(CCO)CC1CCCCO1. The van der Waals surface area contributed by atoms with E-state index in [1.165, 1.54) is 12.8 Å². The van der Waals surface area contributed by atoms with Gasteiger partial charge in [0.15, 0.2) is 0 Å². The highest BCUT2D eigenvalue weighted by molar-refractivity contribution is 4.69. The molecule has 0 saturated carbocycles. The van der Waals surface area contributed by atoms with Crippen LogP contribution < -0.4 is 0 Å². The molecule has 1 heterocycles. The summed E-state index contributed by atoms with van der Waals surface area (Å²) >= 11 is 0. The molecule has 0 aromatic carbocycles. The summed E-state index contributed by atoms with van der Waals surface area (Å²) in [5.74, 6) is 0. The van der Waals surface area contributed by atoms with Crippen LogP contribution in [0, 0.1) is 0 Å². The third-order valence-electron chi connectivity index (χ3n) is 2.78. The fourth-order valence-electron chi connectivity index (χ4n) is 1.97. The van der Waals surface area contributed by atoms with Gasteiger partial charge in [-0.1, -0.05) is 0 Å². The van der Waals surface area contributed by atoms with E-state index in [9.17, 15) is 0 Å². The summed E-state index contributed by atoms with van der Waals surface area (Å²) in [6, 6.07) is 0. The van der Waals surface area contributed by atoms with E-state index in [0.29, 0.717) is 12.6 Å². The second-order valence-corrected chi connectivity index (χ2v) is 4.09. The Morgan fingerprint density at radius 3 is 2.60 bits per heavy atom. The summed E-state index contributed by atoms with van der Waals surface area (Å²) in [6.07, 6.45) is 4.64. The maximum atomic E-state index is 8.92. The zero-order valence-corrected chi connectivity index (χ0v) is 9.40. The topological polar surface area (TPSA) is 52.9 Å². The van der Waals surface area contributed by atoms with E-state index >= 15 is 0 Å². The van der Waals surface area contributed by atoms with Crippen molar-refractivity contribution in [1.82, 2.24) is 4.90 Å². The molecule has 0 bridgehead atoms. The van der Waals surface area contributed by atoms with E-state index in [1.54, 1.807) is 0 Å². The predicted octanol–water partition coefficient (Wildman–Crippen LogP) is 0.232. The van der Waals surface area contributed by atoms with Crippen molar-refractivity contribution in [3.05, 3.63) is 0 Å². The van der Waals surface area contributed by atoms with E-state index in [-0.39, 0.29) is 13.2 Å². The lowest BCUT2D eigenvalue weighted by Crippen LogP contribution is -2.38. The average molecular weight is 217 g/mol. The zero-order valence-electron chi connectivity index (χ0n) is 9.40. The van der Waals surface area contributed by atoms with Gasteiger partial charge >= 0.3 is 0 Å². The zero-order chi connectivity index (χ0) is 10.9. The van der Waals surface area contributed by atoms with Gasteiger partial charge in [0.25, 0.3) is 0 Å². The fourth-order valence-corrected chi connectivity index (χ4v) is 1.97. The van der Waals surface area contributed by atoms with Gasteiger partial charge in [-0.2, -0.15) is 0 Å². The first-order valence-electron chi connectivity index (χ1n) is 5.92. The average Bonchev–Trinajstić information content (AvgIpc) is 2.28. The van der Waals surface area contributed by atoms with Crippen molar-refractivity contribution in [2.24, 2.45) is 0 Å². The molecule has 0 aromatic heterocycles. The Balaban J connectivity index is 2.21. The Labute approximate surface area is 91.8 Å². The lowest BCUT2D eigenvalue weighted by atomic mass is 10.1. The van der Waals surface area contributed by atoms with Crippen molar-refractivity contribution < 1.29 is 14.9 Å². The predicted molar refractivity (Wildman–Crippen MR) is 58.8 cm³/mol. The molecule has 1 atom stereocenters. The molecule has 1 unspecified atom stereocenters. The van der Waals surface area contributed by atoms with Gasteiger partial charge in [-0.3, -0.25) is 4.90 Å². The standard InChI is InChI=1S/C11H23NO3/c13-7-3-5-12(6-8-14)10-11-4-1-2-9-15-11/h11,13-14H,1-10H2. The summed E-state index contributed by atoms with van der Waals surface area (Å²) in [6.45, 7) is 3.68. The van der Waals surface area contributed by atoms with Crippen molar-refractivity contribution >= 4 is 0 Å². The van der Waals surface area contributed by atoms with Crippen LogP contribution in [0.5, 0.6) is 0 Å². The highest BCUT2D eigenvalue weighted by atomic mass is 16.5. The maximum Gasteiger partial charge on any atom is 0.0702 e. The molecule has 90 valence electrons. The van der Waals surface area contributed by atoms with Crippen molar-refractivity contribution in [2.75, 3.05) is 39.5 Å². The Hall–Kier alpha value is -0.160. The van der Waals surface area contributed by atoms with Gasteiger partial charge in [0, 0.05) is 32.8 Å². The lowest BCUT2D eigenvalue weighted by Gasteiger charge is -2.29. The summed E-state index contributed by atoms with van der Waals surface area (Å²) in [5, 5.41) is 17.7. The van der Waals surface area contributed by atoms with Crippen LogP contribution in [-0.4, -0.2) is 60.7 Å². The van der Waals surface area contributed by atoms with Gasteiger partial charge in [-0.05, 0) is 25.7 Å². The smallest absolute Gasteiger partial charge is 0.0702 e. The van der Waals surface area contributed by atoms with E-state index < -0.39 is 0 Å². The van der Waals surface area contributed by atoms with Crippen molar-refractivity contribution in [2.45, 2.75) is 31.8 Å². The molecule has 1 aliphatic rings. The van der Waals surface area contributed by atoms with Crippen LogP contribution in [0.3, 0.4) is 0 Å². The Morgan fingerprint density at radius 1 is 1.13 bits per heavy atom. The van der Waals surface area contributed by atoms with Crippen LogP contribution >= 0.6 is 0 Å². The van der Waals surface area contributed by atoms with Crippen LogP contribution in [0.4, 0.5) is 0 Å². The third kappa shape index (κ3) is 5.47. The monoisotopic (exact) mass is 217 g/mol. The molecule has 1 aliphatic heterocycles. The Bertz CT molecular complexity index is 149. The van der Waals surface area contributed by atoms with Gasteiger partial charge in [0.05, 0.1) is 12.7 Å². The first kappa shape index (κ1) is 12.9. The van der Waals surface area contributed by atoms with Crippen LogP contribution in [0.25, 0.3) is 0 Å². The number of hydrogen-bond acceptors (Lipinski definition) is 4. The second-order valence-electron chi connectivity index (χ2n) is 4.09. The van der Waals surface area contributed by atoms with E-state index in [1.807, 2.05) is 0 Å². The molecule has 0 radical (unpaired) electrons. The summed E-state index contributed by atoms with van der Waals surface area (Å²) in [7, 11) is 0. The summed E-state index contributed by atoms with van der Waals surface area (Å²) in [5.41, 5.74) is 0. The number of rotatable bonds is 7. The van der Waals surface area contributed by atoms with Gasteiger partial charge in [-0.25, -0.2) is 0 Å². The van der Waals surface area contributed by atoms with E-state index in [2.05, 4.69) is 4.90 Å². The molecule has 0 amide bonds. The molecule has 1 fully saturated rings. The largest absolute Gasteiger partial charge is 0.396 e. The molecule has 15 heavy (non-hydrogen) atoms. The first-order chi connectivity index (χ1) is 7.36. The van der Waals surface area contributed by atoms with Gasteiger partial charge < -0.3 is 14.9 Å². The molecule has 1 rings (SSSR count). The molecule has 0 spiro atoms. The van der Waals surface area contributed by atoms with Crippen LogP contribution in [0.1, 0.15) is 25.7 Å². The van der Waals surface area contributed by atoms with Gasteiger partial charge in [-0.15, -0.1) is 0 Å². The molecule has 0 aliphatic carbocycles. The van der Waals surface area contributed by atoms with Crippen molar-refractivity contribution in [3.63, 3.8) is 0 Å². The quantitative estimate of drug-likeness (QED) is 0.641. The summed E-state index contributed by atoms with van der Waals surface area (Å²) in [4.78, 5) is 2.17. The number of ether oxygens (including phenoxy) is 1. The van der Waals surface area contributed by atoms with Gasteiger partial charge in [0.2, 0.25) is 0 Å². The van der Waals surface area contributed by atoms with Gasteiger partial charge in [0.1, 0.15) is 0 Å². The highest BCUT2D eigenvalue weighted by Crippen LogP contribution is 2.13. The lowest BCUT2D eigenvalue weighted by molar-refractivity contribution is -0.00872.